The van der Waals surface area contributed by atoms with E-state index < -0.39 is 0 Å². The third-order valence-electron chi connectivity index (χ3n) is 8.92. The molecule has 0 spiro atoms. The van der Waals surface area contributed by atoms with Gasteiger partial charge in [-0.25, -0.2) is 4.85 Å². The maximum atomic E-state index is 13.3. The number of carbonyl (C=O) groups excluding carboxylic acids is 2. The molecule has 2 aromatic carbocycles. The number of ether oxygens (including phenoxy) is 1. The van der Waals surface area contributed by atoms with Crippen molar-refractivity contribution in [2.24, 2.45) is 23.8 Å². The first-order valence-corrected chi connectivity index (χ1v) is 13.8. The molecular weight excluding hydrogens is 504 g/mol. The molecule has 1 N–H and O–H groups in total. The highest BCUT2D eigenvalue weighted by molar-refractivity contribution is 5.96. The molecule has 5 rings (SSSR count). The van der Waals surface area contributed by atoms with Gasteiger partial charge >= 0.3 is 0 Å². The maximum absolute atomic E-state index is 13.3. The number of aryl methyl sites for hydroxylation is 1. The van der Waals surface area contributed by atoms with Crippen LogP contribution in [0.15, 0.2) is 53.3 Å². The van der Waals surface area contributed by atoms with Crippen LogP contribution in [0.4, 0.5) is 11.4 Å². The summed E-state index contributed by atoms with van der Waals surface area (Å²) in [5, 5.41) is 3.97. The zero-order valence-corrected chi connectivity index (χ0v) is 23.7. The third-order valence-corrected chi connectivity index (χ3v) is 8.92. The lowest BCUT2D eigenvalue weighted by Gasteiger charge is -2.63. The quantitative estimate of drug-likeness (QED) is 0.347. The molecule has 1 amide bonds. The van der Waals surface area contributed by atoms with Crippen LogP contribution in [0.25, 0.3) is 15.7 Å². The Morgan fingerprint density at radius 2 is 1.68 bits per heavy atom. The van der Waals surface area contributed by atoms with E-state index in [-0.39, 0.29) is 40.4 Å². The molecule has 2 aliphatic rings. The molecule has 2 heterocycles. The number of pyridine rings is 1. The highest BCUT2D eigenvalue weighted by Crippen LogP contribution is 2.56. The standard InChI is InChI=1S/C32H36N4O4/c1-31(2)29(34-28(39)21-7-9-22(10-8-21)36-17-15-20(19-37)16-18-36)32(3,4)30(31)40-25-13-12-24(33-5)27-23(25)11-14-26(38)35(27)6/h7-14,19-20,29-30H,15-18H2,1-4,6H3,(H,34,39). The molecule has 3 aromatic rings. The molecule has 0 atom stereocenters. The van der Waals surface area contributed by atoms with E-state index in [2.05, 4.69) is 42.8 Å². The predicted octanol–water partition coefficient (Wildman–Crippen LogP) is 5.12. The van der Waals surface area contributed by atoms with E-state index in [0.29, 0.717) is 27.9 Å². The number of hydrogen-bond donors (Lipinski definition) is 1. The lowest BCUT2D eigenvalue weighted by molar-refractivity contribution is -0.163. The highest BCUT2D eigenvalue weighted by Gasteiger charge is 2.64. The Morgan fingerprint density at radius 1 is 1.02 bits per heavy atom. The van der Waals surface area contributed by atoms with Gasteiger partial charge in [0.1, 0.15) is 18.1 Å². The first-order chi connectivity index (χ1) is 19.0. The Kier molecular flexibility index (Phi) is 6.95. The second-order valence-electron chi connectivity index (χ2n) is 12.2. The number of hydrogen-bond acceptors (Lipinski definition) is 5. The van der Waals surface area contributed by atoms with Crippen molar-refractivity contribution in [3.05, 3.63) is 75.9 Å². The van der Waals surface area contributed by atoms with Crippen LogP contribution in [-0.2, 0) is 11.8 Å². The average molecular weight is 541 g/mol. The summed E-state index contributed by atoms with van der Waals surface area (Å²) in [7, 11) is 1.66. The van der Waals surface area contributed by atoms with Crippen molar-refractivity contribution in [1.82, 2.24) is 9.88 Å². The summed E-state index contributed by atoms with van der Waals surface area (Å²) in [6.07, 6.45) is 2.55. The number of nitrogens with one attached hydrogen (secondary N) is 1. The molecule has 8 heteroatoms. The number of aromatic nitrogens is 1. The van der Waals surface area contributed by atoms with Crippen molar-refractivity contribution in [3.63, 3.8) is 0 Å². The van der Waals surface area contributed by atoms with Gasteiger partial charge in [0.05, 0.1) is 12.1 Å². The first-order valence-electron chi connectivity index (χ1n) is 13.8. The van der Waals surface area contributed by atoms with Crippen molar-refractivity contribution < 1.29 is 14.3 Å². The topological polar surface area (TPSA) is 85.0 Å². The largest absolute Gasteiger partial charge is 0.489 e. The van der Waals surface area contributed by atoms with Crippen molar-refractivity contribution in [3.8, 4) is 5.75 Å². The molecule has 1 aliphatic carbocycles. The second kappa shape index (κ2) is 10.1. The normalized spacial score (nSPS) is 21.8. The molecule has 0 bridgehead atoms. The number of piperidine rings is 1. The van der Waals surface area contributed by atoms with Crippen LogP contribution < -0.4 is 20.5 Å². The van der Waals surface area contributed by atoms with Crippen LogP contribution in [0.2, 0.25) is 0 Å². The number of nitrogens with zero attached hydrogens (tertiary/aromatic N) is 3. The van der Waals surface area contributed by atoms with Crippen molar-refractivity contribution in [2.75, 3.05) is 18.0 Å². The molecule has 2 fully saturated rings. The minimum atomic E-state index is -0.381. The highest BCUT2D eigenvalue weighted by atomic mass is 16.5. The first kappa shape index (κ1) is 27.4. The van der Waals surface area contributed by atoms with Crippen LogP contribution in [0, 0.1) is 23.3 Å². The number of fused-ring (bicyclic) bond motifs is 1. The predicted molar refractivity (Wildman–Crippen MR) is 156 cm³/mol. The van der Waals surface area contributed by atoms with Crippen LogP contribution in [0.3, 0.4) is 0 Å². The van der Waals surface area contributed by atoms with Gasteiger partial charge in [0.25, 0.3) is 5.91 Å². The number of benzene rings is 2. The Balaban J connectivity index is 1.31. The lowest BCUT2D eigenvalue weighted by atomic mass is 9.49. The minimum absolute atomic E-state index is 0.127. The zero-order valence-electron chi connectivity index (χ0n) is 23.7. The number of carbonyl (C=O) groups is 2. The summed E-state index contributed by atoms with van der Waals surface area (Å²) in [6.45, 7) is 17.6. The Labute approximate surface area is 234 Å². The summed E-state index contributed by atoms with van der Waals surface area (Å²) in [5.74, 6) is 0.633. The SMILES string of the molecule is [C-]#[N+]c1ccc(OC2C(C)(C)C(NC(=O)c3ccc(N4CCC(C=O)CC4)cc3)C2(C)C)c2ccc(=O)n(C)c12. The van der Waals surface area contributed by atoms with E-state index in [0.717, 1.165) is 37.9 Å². The number of aldehydes is 1. The van der Waals surface area contributed by atoms with Gasteiger partial charge in [0.15, 0.2) is 0 Å². The maximum Gasteiger partial charge on any atom is 0.251 e. The molecule has 1 saturated carbocycles. The van der Waals surface area contributed by atoms with Gasteiger partial charge in [-0.1, -0.05) is 33.8 Å². The fraction of sp³-hybridized carbons (Fsp3) is 0.438. The van der Waals surface area contributed by atoms with Crippen LogP contribution in [0.5, 0.6) is 5.75 Å². The van der Waals surface area contributed by atoms with Crippen molar-refractivity contribution in [1.29, 1.82) is 0 Å². The number of rotatable bonds is 6. The molecule has 208 valence electrons. The molecular formula is C32H36N4O4. The van der Waals surface area contributed by atoms with Gasteiger partial charge < -0.3 is 24.3 Å². The van der Waals surface area contributed by atoms with Gasteiger partial charge in [0.2, 0.25) is 11.2 Å². The summed E-state index contributed by atoms with van der Waals surface area (Å²) in [4.78, 5) is 42.5. The van der Waals surface area contributed by atoms with Gasteiger partial charge in [-0.3, -0.25) is 9.59 Å². The van der Waals surface area contributed by atoms with E-state index in [1.165, 1.54) is 10.6 Å². The van der Waals surface area contributed by atoms with Crippen molar-refractivity contribution >= 4 is 34.5 Å². The zero-order chi connectivity index (χ0) is 28.8. The van der Waals surface area contributed by atoms with E-state index in [1.54, 1.807) is 25.2 Å². The summed E-state index contributed by atoms with van der Waals surface area (Å²) in [6, 6.07) is 14.2. The van der Waals surface area contributed by atoms with Gasteiger partial charge in [-0.15, -0.1) is 0 Å². The molecule has 1 aliphatic heterocycles. The molecule has 0 unspecified atom stereocenters. The molecule has 40 heavy (non-hydrogen) atoms. The van der Waals surface area contributed by atoms with Gasteiger partial charge in [0, 0.05) is 65.6 Å². The molecule has 1 saturated heterocycles. The molecule has 1 aromatic heterocycles. The van der Waals surface area contributed by atoms with Crippen LogP contribution >= 0.6 is 0 Å². The number of amides is 1. The van der Waals surface area contributed by atoms with E-state index in [1.807, 2.05) is 24.3 Å². The van der Waals surface area contributed by atoms with Crippen LogP contribution in [-0.4, -0.2) is 42.0 Å². The Morgan fingerprint density at radius 3 is 2.27 bits per heavy atom. The van der Waals surface area contributed by atoms with Crippen LogP contribution in [0.1, 0.15) is 50.9 Å². The van der Waals surface area contributed by atoms with Gasteiger partial charge in [-0.05, 0) is 49.2 Å². The fourth-order valence-corrected chi connectivity index (χ4v) is 6.92. The third kappa shape index (κ3) is 4.53. The van der Waals surface area contributed by atoms with Crippen molar-refractivity contribution in [2.45, 2.75) is 52.7 Å². The summed E-state index contributed by atoms with van der Waals surface area (Å²) >= 11 is 0. The summed E-state index contributed by atoms with van der Waals surface area (Å²) < 4.78 is 8.09. The fourth-order valence-electron chi connectivity index (χ4n) is 6.92. The lowest BCUT2D eigenvalue weighted by Crippen LogP contribution is -2.74. The Bertz CT molecular complexity index is 1540. The monoisotopic (exact) mass is 540 g/mol. The van der Waals surface area contributed by atoms with Gasteiger partial charge in [-0.2, -0.15) is 0 Å². The van der Waals surface area contributed by atoms with E-state index in [4.69, 9.17) is 11.3 Å². The minimum Gasteiger partial charge on any atom is -0.489 e. The van der Waals surface area contributed by atoms with E-state index >= 15 is 0 Å². The van der Waals surface area contributed by atoms with E-state index in [9.17, 15) is 14.4 Å². The smallest absolute Gasteiger partial charge is 0.251 e. The Hall–Kier alpha value is -4.12. The summed E-state index contributed by atoms with van der Waals surface area (Å²) in [5.41, 5.74) is 1.67. The average Bonchev–Trinajstić information content (AvgIpc) is 2.96. The molecule has 0 radical (unpaired) electrons. The molecule has 8 nitrogen and oxygen atoms in total. The second-order valence-corrected chi connectivity index (χ2v) is 12.2. The number of anilines is 1.